The topological polar surface area (TPSA) is 101 Å². The van der Waals surface area contributed by atoms with Gasteiger partial charge in [0.2, 0.25) is 5.88 Å². The predicted molar refractivity (Wildman–Crippen MR) is 149 cm³/mol. The number of fused-ring (bicyclic) bond motifs is 2. The Kier molecular flexibility index (Phi) is 5.98. The summed E-state index contributed by atoms with van der Waals surface area (Å²) in [6, 6.07) is 26.2. The number of carbonyl (C=O) groups excluding carboxylic acids is 2. The molecule has 5 aromatic rings. The van der Waals surface area contributed by atoms with Crippen LogP contribution in [-0.4, -0.2) is 50.3 Å². The van der Waals surface area contributed by atoms with E-state index < -0.39 is 0 Å². The molecule has 9 nitrogen and oxygen atoms in total. The molecule has 2 aromatic carbocycles. The molecule has 2 N–H and O–H groups in total. The number of ether oxygens (including phenoxy) is 1. The van der Waals surface area contributed by atoms with Crippen LogP contribution in [-0.2, 0) is 0 Å². The van der Waals surface area contributed by atoms with Gasteiger partial charge in [0.15, 0.2) is 0 Å². The minimum absolute atomic E-state index is 0.0925. The number of imidazole rings is 1. The number of aromatic nitrogens is 3. The highest BCUT2D eigenvalue weighted by molar-refractivity contribution is 5.96. The summed E-state index contributed by atoms with van der Waals surface area (Å²) in [6.45, 7) is 1.33. The van der Waals surface area contributed by atoms with Gasteiger partial charge >= 0.3 is 0 Å². The first-order chi connectivity index (χ1) is 19.6. The standard InChI is InChI=1S/C31H26N6O3/c38-29(21-9-6-8-20(16-21)26-19-36-15-5-4-13-27(36)33-26)34-28-24-17-37(18-25(24)28)35-30(39)23-12-7-14-32-31(23)40-22-10-2-1-3-11-22/h1-16,19,24-25,28H,17-18H2,(H,34,38)(H,35,39)/t24-,25+,28-. The molecule has 3 atom stereocenters. The number of benzene rings is 2. The number of carbonyl (C=O) groups is 2. The smallest absolute Gasteiger partial charge is 0.271 e. The van der Waals surface area contributed by atoms with E-state index >= 15 is 0 Å². The third-order valence-electron chi connectivity index (χ3n) is 7.51. The summed E-state index contributed by atoms with van der Waals surface area (Å²) in [5, 5.41) is 5.09. The maximum atomic E-state index is 13.1. The van der Waals surface area contributed by atoms with Crippen LogP contribution in [0.5, 0.6) is 11.6 Å². The third kappa shape index (κ3) is 4.67. The summed E-state index contributed by atoms with van der Waals surface area (Å²) in [5.41, 5.74) is 6.52. The van der Waals surface area contributed by atoms with E-state index in [1.54, 1.807) is 18.3 Å². The molecule has 2 amide bonds. The Morgan fingerprint density at radius 1 is 0.875 bits per heavy atom. The van der Waals surface area contributed by atoms with Gasteiger partial charge in [-0.2, -0.15) is 0 Å². The van der Waals surface area contributed by atoms with Gasteiger partial charge in [0.1, 0.15) is 17.0 Å². The fourth-order valence-electron chi connectivity index (χ4n) is 5.41. The first-order valence-corrected chi connectivity index (χ1v) is 13.2. The fourth-order valence-corrected chi connectivity index (χ4v) is 5.41. The largest absolute Gasteiger partial charge is 0.438 e. The summed E-state index contributed by atoms with van der Waals surface area (Å²) in [6.07, 6.45) is 5.51. The number of piperidine rings is 1. The van der Waals surface area contributed by atoms with Crippen molar-refractivity contribution in [3.8, 4) is 22.9 Å². The SMILES string of the molecule is O=C(N[C@@H]1[C@@H]2CN(NC(=O)c3cccnc3Oc3ccccc3)C[C@@H]21)c1cccc(-c2cn3ccccc3n2)c1. The van der Waals surface area contributed by atoms with Crippen LogP contribution in [0.3, 0.4) is 0 Å². The van der Waals surface area contributed by atoms with Crippen LogP contribution in [0.25, 0.3) is 16.9 Å². The number of hydrogen-bond acceptors (Lipinski definition) is 6. The second-order valence-electron chi connectivity index (χ2n) is 10.1. The molecular weight excluding hydrogens is 504 g/mol. The van der Waals surface area contributed by atoms with Crippen LogP contribution in [0.4, 0.5) is 0 Å². The summed E-state index contributed by atoms with van der Waals surface area (Å²) < 4.78 is 7.80. The highest BCUT2D eigenvalue weighted by Gasteiger charge is 2.56. The van der Waals surface area contributed by atoms with Gasteiger partial charge in [0.25, 0.3) is 11.8 Å². The molecule has 3 aromatic heterocycles. The van der Waals surface area contributed by atoms with Crippen LogP contribution in [0.1, 0.15) is 20.7 Å². The normalized spacial score (nSPS) is 19.6. The van der Waals surface area contributed by atoms with E-state index in [0.717, 1.165) is 16.9 Å². The molecule has 1 saturated carbocycles. The van der Waals surface area contributed by atoms with Crippen molar-refractivity contribution in [1.29, 1.82) is 0 Å². The molecule has 1 saturated heterocycles. The predicted octanol–water partition coefficient (Wildman–Crippen LogP) is 4.19. The Balaban J connectivity index is 0.955. The third-order valence-corrected chi connectivity index (χ3v) is 7.51. The van der Waals surface area contributed by atoms with E-state index in [9.17, 15) is 9.59 Å². The maximum Gasteiger partial charge on any atom is 0.271 e. The Hall–Kier alpha value is -5.02. The van der Waals surface area contributed by atoms with Crippen molar-refractivity contribution in [1.82, 2.24) is 30.1 Å². The molecule has 2 aliphatic rings. The van der Waals surface area contributed by atoms with Crippen LogP contribution in [0.15, 0.2) is 104 Å². The van der Waals surface area contributed by atoms with Gasteiger partial charge in [-0.3, -0.25) is 15.0 Å². The summed E-state index contributed by atoms with van der Waals surface area (Å²) in [7, 11) is 0. The summed E-state index contributed by atoms with van der Waals surface area (Å²) in [5.74, 6) is 1.08. The Morgan fingerprint density at radius 3 is 2.52 bits per heavy atom. The number of para-hydroxylation sites is 1. The first-order valence-electron chi connectivity index (χ1n) is 13.2. The van der Waals surface area contributed by atoms with Gasteiger partial charge in [-0.25, -0.2) is 15.0 Å². The molecule has 0 radical (unpaired) electrons. The Morgan fingerprint density at radius 2 is 1.70 bits per heavy atom. The number of pyridine rings is 2. The van der Waals surface area contributed by atoms with E-state index in [1.807, 2.05) is 94.6 Å². The average Bonchev–Trinajstić information content (AvgIpc) is 3.31. The lowest BCUT2D eigenvalue weighted by Crippen LogP contribution is -2.44. The molecular formula is C31H26N6O3. The van der Waals surface area contributed by atoms with E-state index in [-0.39, 0.29) is 23.7 Å². The van der Waals surface area contributed by atoms with Crippen molar-refractivity contribution >= 4 is 17.5 Å². The van der Waals surface area contributed by atoms with Crippen molar-refractivity contribution in [3.63, 3.8) is 0 Å². The van der Waals surface area contributed by atoms with Crippen LogP contribution in [0, 0.1) is 11.8 Å². The van der Waals surface area contributed by atoms with Gasteiger partial charge < -0.3 is 14.5 Å². The zero-order valence-corrected chi connectivity index (χ0v) is 21.5. The second-order valence-corrected chi connectivity index (χ2v) is 10.1. The fraction of sp³-hybridized carbons (Fsp3) is 0.161. The molecule has 1 aliphatic heterocycles. The minimum Gasteiger partial charge on any atom is -0.438 e. The lowest BCUT2D eigenvalue weighted by Gasteiger charge is -2.21. The summed E-state index contributed by atoms with van der Waals surface area (Å²) in [4.78, 5) is 35.0. The monoisotopic (exact) mass is 530 g/mol. The number of hydrazine groups is 1. The number of rotatable bonds is 7. The van der Waals surface area contributed by atoms with E-state index in [0.29, 0.717) is 41.8 Å². The van der Waals surface area contributed by atoms with Gasteiger partial charge in [-0.1, -0.05) is 36.4 Å². The van der Waals surface area contributed by atoms with E-state index in [2.05, 4.69) is 20.7 Å². The summed E-state index contributed by atoms with van der Waals surface area (Å²) >= 11 is 0. The van der Waals surface area contributed by atoms with Gasteiger partial charge in [-0.05, 0) is 48.5 Å². The molecule has 1 aliphatic carbocycles. The van der Waals surface area contributed by atoms with Crippen LogP contribution >= 0.6 is 0 Å². The average molecular weight is 531 g/mol. The van der Waals surface area contributed by atoms with Crippen molar-refractivity contribution < 1.29 is 14.3 Å². The first kappa shape index (κ1) is 24.1. The van der Waals surface area contributed by atoms with Crippen molar-refractivity contribution in [3.05, 3.63) is 115 Å². The Bertz CT molecular complexity index is 1670. The minimum atomic E-state index is -0.273. The van der Waals surface area contributed by atoms with Crippen molar-refractivity contribution in [2.75, 3.05) is 13.1 Å². The molecule has 198 valence electrons. The van der Waals surface area contributed by atoms with Crippen molar-refractivity contribution in [2.45, 2.75) is 6.04 Å². The van der Waals surface area contributed by atoms with Gasteiger partial charge in [0.05, 0.1) is 5.69 Å². The molecule has 7 rings (SSSR count). The Labute approximate surface area is 230 Å². The highest BCUT2D eigenvalue weighted by Crippen LogP contribution is 2.45. The lowest BCUT2D eigenvalue weighted by molar-refractivity contribution is 0.0792. The molecule has 0 unspecified atom stereocenters. The second kappa shape index (κ2) is 9.94. The molecule has 0 bridgehead atoms. The van der Waals surface area contributed by atoms with Gasteiger partial charge in [0, 0.05) is 60.7 Å². The molecule has 9 heteroatoms. The number of amides is 2. The van der Waals surface area contributed by atoms with Crippen LogP contribution in [0.2, 0.25) is 0 Å². The highest BCUT2D eigenvalue weighted by atomic mass is 16.5. The van der Waals surface area contributed by atoms with Gasteiger partial charge in [-0.15, -0.1) is 0 Å². The number of nitrogens with one attached hydrogen (secondary N) is 2. The molecule has 4 heterocycles. The zero-order chi connectivity index (χ0) is 27.1. The van der Waals surface area contributed by atoms with Crippen LogP contribution < -0.4 is 15.5 Å². The maximum absolute atomic E-state index is 13.1. The number of nitrogens with zero attached hydrogens (tertiary/aromatic N) is 4. The van der Waals surface area contributed by atoms with E-state index in [1.165, 1.54) is 0 Å². The number of hydrogen-bond donors (Lipinski definition) is 2. The van der Waals surface area contributed by atoms with Crippen molar-refractivity contribution in [2.24, 2.45) is 11.8 Å². The van der Waals surface area contributed by atoms with E-state index in [4.69, 9.17) is 4.74 Å². The molecule has 40 heavy (non-hydrogen) atoms. The molecule has 2 fully saturated rings. The lowest BCUT2D eigenvalue weighted by atomic mass is 10.1. The molecule has 0 spiro atoms. The zero-order valence-electron chi connectivity index (χ0n) is 21.5. The quantitative estimate of drug-likeness (QED) is 0.327.